The van der Waals surface area contributed by atoms with Crippen LogP contribution in [0.2, 0.25) is 0 Å². The minimum atomic E-state index is -0.607. The monoisotopic (exact) mass is 498 g/mol. The van der Waals surface area contributed by atoms with E-state index < -0.39 is 6.04 Å². The number of carbonyl (C=O) groups is 1. The molecule has 1 aliphatic rings. The number of amides is 1. The average molecular weight is 499 g/mol. The molecule has 3 aromatic rings. The van der Waals surface area contributed by atoms with Crippen molar-refractivity contribution in [2.45, 2.75) is 18.7 Å². The topological polar surface area (TPSA) is 95.7 Å². The van der Waals surface area contributed by atoms with Gasteiger partial charge in [-0.2, -0.15) is 5.26 Å². The fraction of sp³-hybridized carbons (Fsp3) is 0.179. The van der Waals surface area contributed by atoms with Gasteiger partial charge in [-0.15, -0.1) is 0 Å². The van der Waals surface area contributed by atoms with Crippen molar-refractivity contribution in [1.29, 1.82) is 5.26 Å². The summed E-state index contributed by atoms with van der Waals surface area (Å²) < 4.78 is 11.0. The second-order valence-corrected chi connectivity index (χ2v) is 8.95. The molecule has 0 radical (unpaired) electrons. The molecule has 36 heavy (non-hydrogen) atoms. The van der Waals surface area contributed by atoms with Crippen LogP contribution in [0.15, 0.2) is 89.1 Å². The zero-order chi connectivity index (χ0) is 25.5. The molecule has 0 aromatic heterocycles. The number of aliphatic imine (C=N–C) groups is 1. The molecule has 0 saturated carbocycles. The number of hydrogen-bond acceptors (Lipinski definition) is 7. The lowest BCUT2D eigenvalue weighted by atomic mass is 9.95. The summed E-state index contributed by atoms with van der Waals surface area (Å²) >= 11 is 1.48. The van der Waals surface area contributed by atoms with Crippen molar-refractivity contribution in [1.82, 2.24) is 5.32 Å². The van der Waals surface area contributed by atoms with E-state index in [1.54, 1.807) is 26.4 Å². The summed E-state index contributed by atoms with van der Waals surface area (Å²) in [5.74, 6) is 1.52. The molecule has 3 aromatic carbocycles. The number of benzene rings is 3. The average Bonchev–Trinajstić information content (AvgIpc) is 2.91. The molecule has 4 rings (SSSR count). The van der Waals surface area contributed by atoms with Crippen LogP contribution < -0.4 is 20.1 Å². The van der Waals surface area contributed by atoms with Crippen LogP contribution in [0.5, 0.6) is 11.5 Å². The maximum absolute atomic E-state index is 13.5. The van der Waals surface area contributed by atoms with Crippen LogP contribution in [0, 0.1) is 11.3 Å². The predicted molar refractivity (Wildman–Crippen MR) is 143 cm³/mol. The highest BCUT2D eigenvalue weighted by Crippen LogP contribution is 2.39. The van der Waals surface area contributed by atoms with Crippen molar-refractivity contribution < 1.29 is 14.3 Å². The number of rotatable bonds is 7. The Bertz CT molecular complexity index is 1360. The summed E-state index contributed by atoms with van der Waals surface area (Å²) in [4.78, 5) is 18.4. The van der Waals surface area contributed by atoms with Gasteiger partial charge in [0.15, 0.2) is 5.17 Å². The smallest absolute Gasteiger partial charge is 0.255 e. The Morgan fingerprint density at radius 3 is 2.56 bits per heavy atom. The first-order chi connectivity index (χ1) is 17.5. The van der Waals surface area contributed by atoms with Crippen molar-refractivity contribution >= 4 is 28.5 Å². The maximum atomic E-state index is 13.5. The fourth-order valence-corrected chi connectivity index (χ4v) is 4.85. The molecule has 1 amide bonds. The molecular formula is C28H26N4O3S. The van der Waals surface area contributed by atoms with Crippen molar-refractivity contribution in [2.75, 3.05) is 19.5 Å². The van der Waals surface area contributed by atoms with Gasteiger partial charge in [-0.1, -0.05) is 48.2 Å². The second kappa shape index (κ2) is 11.5. The Morgan fingerprint density at radius 1 is 1.08 bits per heavy atom. The van der Waals surface area contributed by atoms with Crippen LogP contribution in [0.4, 0.5) is 5.69 Å². The van der Waals surface area contributed by atoms with Gasteiger partial charge in [0.2, 0.25) is 0 Å². The standard InChI is InChI=1S/C28H26N4O3S/c1-18-25(27(33)31-21-11-5-4-6-12-21)26(23-14-13-22(34-2)15-24(23)35-3)32-28(30-18)36-17-20-10-8-7-9-19(20)16-29/h4-15,26H,17H2,1-3H3,(H,30,32)(H,31,33)/t26-/m0/s1. The highest BCUT2D eigenvalue weighted by Gasteiger charge is 2.31. The van der Waals surface area contributed by atoms with E-state index in [-0.39, 0.29) is 5.91 Å². The van der Waals surface area contributed by atoms with Crippen molar-refractivity contribution in [3.8, 4) is 17.6 Å². The third-order valence-electron chi connectivity index (χ3n) is 5.73. The third kappa shape index (κ3) is 5.53. The highest BCUT2D eigenvalue weighted by atomic mass is 32.2. The normalized spacial score (nSPS) is 14.8. The number of carbonyl (C=O) groups excluding carboxylic acids is 1. The van der Waals surface area contributed by atoms with Crippen LogP contribution in [-0.4, -0.2) is 25.3 Å². The molecule has 0 aliphatic carbocycles. The largest absolute Gasteiger partial charge is 0.497 e. The van der Waals surface area contributed by atoms with Crippen molar-refractivity contribution in [3.05, 3.63) is 101 Å². The predicted octanol–water partition coefficient (Wildman–Crippen LogP) is 5.42. The number of methoxy groups -OCH3 is 2. The molecule has 0 bridgehead atoms. The van der Waals surface area contributed by atoms with E-state index in [9.17, 15) is 10.1 Å². The number of thioether (sulfide) groups is 1. The number of ether oxygens (including phenoxy) is 2. The van der Waals surface area contributed by atoms with E-state index in [0.717, 1.165) is 11.1 Å². The number of amidine groups is 1. The SMILES string of the molecule is COc1ccc([C@@H]2N=C(SCc3ccccc3C#N)NC(C)=C2C(=O)Nc2ccccc2)c(OC)c1. The summed E-state index contributed by atoms with van der Waals surface area (Å²) in [7, 11) is 3.17. The first-order valence-electron chi connectivity index (χ1n) is 11.3. The second-order valence-electron chi connectivity index (χ2n) is 7.99. The van der Waals surface area contributed by atoms with Gasteiger partial charge in [0.05, 0.1) is 31.4 Å². The quantitative estimate of drug-likeness (QED) is 0.452. The molecule has 7 nitrogen and oxygen atoms in total. The van der Waals surface area contributed by atoms with Gasteiger partial charge < -0.3 is 20.1 Å². The molecule has 0 unspecified atom stereocenters. The minimum Gasteiger partial charge on any atom is -0.497 e. The molecule has 1 atom stereocenters. The summed E-state index contributed by atoms with van der Waals surface area (Å²) in [6.45, 7) is 1.86. The highest BCUT2D eigenvalue weighted by molar-refractivity contribution is 8.13. The van der Waals surface area contributed by atoms with Gasteiger partial charge in [-0.05, 0) is 42.8 Å². The van der Waals surface area contributed by atoms with E-state index in [4.69, 9.17) is 14.5 Å². The molecule has 2 N–H and O–H groups in total. The lowest BCUT2D eigenvalue weighted by Crippen LogP contribution is -2.32. The van der Waals surface area contributed by atoms with Crippen LogP contribution in [0.3, 0.4) is 0 Å². The molecule has 0 saturated heterocycles. The first-order valence-corrected chi connectivity index (χ1v) is 12.3. The summed E-state index contributed by atoms with van der Waals surface area (Å²) in [6.07, 6.45) is 0. The van der Waals surface area contributed by atoms with Crippen LogP contribution >= 0.6 is 11.8 Å². The van der Waals surface area contributed by atoms with Crippen molar-refractivity contribution in [3.63, 3.8) is 0 Å². The molecule has 1 aliphatic heterocycles. The zero-order valence-corrected chi connectivity index (χ0v) is 21.1. The summed E-state index contributed by atoms with van der Waals surface area (Å²) in [5.41, 5.74) is 4.17. The third-order valence-corrected chi connectivity index (χ3v) is 6.67. The Balaban J connectivity index is 1.70. The van der Waals surface area contributed by atoms with Crippen LogP contribution in [0.25, 0.3) is 0 Å². The molecule has 1 heterocycles. The Morgan fingerprint density at radius 2 is 1.83 bits per heavy atom. The molecule has 182 valence electrons. The Labute approximate surface area is 214 Å². The van der Waals surface area contributed by atoms with E-state index in [2.05, 4.69) is 16.7 Å². The number of nitrogens with one attached hydrogen (secondary N) is 2. The molecular weight excluding hydrogens is 472 g/mol. The summed E-state index contributed by atoms with van der Waals surface area (Å²) in [5, 5.41) is 16.3. The number of nitrogens with zero attached hydrogens (tertiary/aromatic N) is 2. The number of anilines is 1. The van der Waals surface area contributed by atoms with Crippen LogP contribution in [-0.2, 0) is 10.5 Å². The maximum Gasteiger partial charge on any atom is 0.255 e. The Kier molecular flexibility index (Phi) is 7.93. The van der Waals surface area contributed by atoms with Gasteiger partial charge in [0.25, 0.3) is 5.91 Å². The molecule has 0 spiro atoms. The number of hydrogen-bond donors (Lipinski definition) is 2. The lowest BCUT2D eigenvalue weighted by molar-refractivity contribution is -0.113. The Hall–Kier alpha value is -4.22. The number of nitriles is 1. The van der Waals surface area contributed by atoms with Gasteiger partial charge in [-0.25, -0.2) is 4.99 Å². The van der Waals surface area contributed by atoms with Gasteiger partial charge in [-0.3, -0.25) is 4.79 Å². The van der Waals surface area contributed by atoms with Gasteiger partial charge >= 0.3 is 0 Å². The van der Waals surface area contributed by atoms with E-state index >= 15 is 0 Å². The molecule has 8 heteroatoms. The van der Waals surface area contributed by atoms with Crippen molar-refractivity contribution in [2.24, 2.45) is 4.99 Å². The van der Waals surface area contributed by atoms with E-state index in [1.165, 1.54) is 11.8 Å². The molecule has 0 fully saturated rings. The van der Waals surface area contributed by atoms with E-state index in [0.29, 0.717) is 44.9 Å². The minimum absolute atomic E-state index is 0.253. The fourth-order valence-electron chi connectivity index (χ4n) is 3.91. The van der Waals surface area contributed by atoms with E-state index in [1.807, 2.05) is 67.6 Å². The first kappa shape index (κ1) is 24.9. The number of para-hydroxylation sites is 1. The zero-order valence-electron chi connectivity index (χ0n) is 20.2. The summed E-state index contributed by atoms with van der Waals surface area (Å²) in [6, 6.07) is 23.9. The lowest BCUT2D eigenvalue weighted by Gasteiger charge is -2.27. The number of allylic oxidation sites excluding steroid dienone is 1. The van der Waals surface area contributed by atoms with Crippen LogP contribution in [0.1, 0.15) is 29.7 Å². The van der Waals surface area contributed by atoms with Gasteiger partial charge in [0.1, 0.15) is 17.5 Å². The van der Waals surface area contributed by atoms with Gasteiger partial charge in [0, 0.05) is 28.8 Å².